The molecule has 6 heteroatoms. The van der Waals surface area contributed by atoms with Crippen LogP contribution in [0.2, 0.25) is 0 Å². The fraction of sp³-hybridized carbons (Fsp3) is 0. The summed E-state index contributed by atoms with van der Waals surface area (Å²) in [5.74, 6) is 1.95. The quantitative estimate of drug-likeness (QED) is 0.176. The van der Waals surface area contributed by atoms with E-state index in [0.717, 1.165) is 49.9 Å². The summed E-state index contributed by atoms with van der Waals surface area (Å²) < 4.78 is 11.5. The van der Waals surface area contributed by atoms with Crippen molar-refractivity contribution in [1.82, 2.24) is 19.5 Å². The second-order valence-electron chi connectivity index (χ2n) is 14.3. The van der Waals surface area contributed by atoms with Crippen LogP contribution in [0, 0.1) is 0 Å². The van der Waals surface area contributed by atoms with Crippen LogP contribution in [-0.4, -0.2) is 19.5 Å². The molecule has 4 heterocycles. The Kier molecular flexibility index (Phi) is 7.03. The smallest absolute Gasteiger partial charge is 0.164 e. The van der Waals surface area contributed by atoms with Crippen LogP contribution >= 0.6 is 11.3 Å². The van der Waals surface area contributed by atoms with Gasteiger partial charge >= 0.3 is 0 Å². The molecule has 0 unspecified atom stereocenters. The van der Waals surface area contributed by atoms with Gasteiger partial charge in [0, 0.05) is 58.6 Å². The summed E-state index contributed by atoms with van der Waals surface area (Å²) in [5, 5.41) is 7.11. The van der Waals surface area contributed by atoms with E-state index in [4.69, 9.17) is 19.4 Å². The Morgan fingerprint density at radius 1 is 0.404 bits per heavy atom. The Bertz CT molecular complexity index is 3420. The summed E-state index contributed by atoms with van der Waals surface area (Å²) in [6, 6.07) is 63.7. The van der Waals surface area contributed by atoms with E-state index in [9.17, 15) is 0 Å². The third-order valence-electron chi connectivity index (χ3n) is 11.1. The van der Waals surface area contributed by atoms with E-state index in [2.05, 4.69) is 126 Å². The largest absolute Gasteiger partial charge is 0.456 e. The average molecular weight is 747 g/mol. The van der Waals surface area contributed by atoms with Crippen molar-refractivity contribution >= 4 is 75.3 Å². The number of nitrogens with zero attached hydrogens (tertiary/aromatic N) is 4. The molecule has 12 aromatic rings. The second-order valence-corrected chi connectivity index (χ2v) is 15.4. The average Bonchev–Trinajstić information content (AvgIpc) is 3.96. The number of para-hydroxylation sites is 2. The molecule has 266 valence electrons. The van der Waals surface area contributed by atoms with Crippen molar-refractivity contribution in [2.24, 2.45) is 0 Å². The van der Waals surface area contributed by atoms with Crippen molar-refractivity contribution in [2.45, 2.75) is 0 Å². The van der Waals surface area contributed by atoms with Gasteiger partial charge in [-0.1, -0.05) is 146 Å². The minimum absolute atomic E-state index is 0.648. The second kappa shape index (κ2) is 12.6. The SMILES string of the molecule is c1ccc(-c2nc(-c3ccccc3)nc(-c3ccc4c(c3)sc3c(-c5cccc6oc7cccc(-n8c9ccccc9c9ccccc98)c7c56)cccc34)n2)cc1. The lowest BCUT2D eigenvalue weighted by atomic mass is 9.97. The van der Waals surface area contributed by atoms with Gasteiger partial charge in [0.05, 0.1) is 22.1 Å². The van der Waals surface area contributed by atoms with E-state index in [0.29, 0.717) is 17.5 Å². The molecule has 12 rings (SSSR count). The first-order chi connectivity index (χ1) is 28.3. The van der Waals surface area contributed by atoms with Crippen LogP contribution in [0.4, 0.5) is 0 Å². The molecule has 0 atom stereocenters. The molecule has 8 aromatic carbocycles. The molecular formula is C51H30N4OS. The summed E-state index contributed by atoms with van der Waals surface area (Å²) in [7, 11) is 0. The first-order valence-corrected chi connectivity index (χ1v) is 19.8. The molecule has 57 heavy (non-hydrogen) atoms. The summed E-state index contributed by atoms with van der Waals surface area (Å²) in [6.07, 6.45) is 0. The molecule has 0 radical (unpaired) electrons. The summed E-state index contributed by atoms with van der Waals surface area (Å²) >= 11 is 1.81. The Labute approximate surface area is 330 Å². The molecule has 0 fully saturated rings. The lowest BCUT2D eigenvalue weighted by molar-refractivity contribution is 0.669. The molecule has 5 nitrogen and oxygen atoms in total. The van der Waals surface area contributed by atoms with Gasteiger partial charge in [0.1, 0.15) is 11.2 Å². The predicted molar refractivity (Wildman–Crippen MR) is 236 cm³/mol. The van der Waals surface area contributed by atoms with Crippen molar-refractivity contribution in [3.8, 4) is 51.0 Å². The summed E-state index contributed by atoms with van der Waals surface area (Å²) in [6.45, 7) is 0. The molecule has 0 amide bonds. The Balaban J connectivity index is 1.06. The maximum absolute atomic E-state index is 6.67. The highest BCUT2D eigenvalue weighted by Crippen LogP contribution is 2.46. The van der Waals surface area contributed by atoms with Crippen LogP contribution in [0.5, 0.6) is 0 Å². The molecule has 0 aliphatic carbocycles. The molecular weight excluding hydrogens is 717 g/mol. The van der Waals surface area contributed by atoms with Gasteiger partial charge in [-0.25, -0.2) is 15.0 Å². The number of hydrogen-bond donors (Lipinski definition) is 0. The van der Waals surface area contributed by atoms with Gasteiger partial charge in [-0.2, -0.15) is 0 Å². The number of fused-ring (bicyclic) bond motifs is 9. The van der Waals surface area contributed by atoms with E-state index in [-0.39, 0.29) is 0 Å². The van der Waals surface area contributed by atoms with Crippen LogP contribution in [-0.2, 0) is 0 Å². The van der Waals surface area contributed by atoms with Gasteiger partial charge in [-0.05, 0) is 42.0 Å². The molecule has 0 saturated carbocycles. The van der Waals surface area contributed by atoms with Gasteiger partial charge < -0.3 is 8.98 Å². The highest BCUT2D eigenvalue weighted by atomic mass is 32.1. The minimum Gasteiger partial charge on any atom is -0.456 e. The number of benzene rings is 8. The van der Waals surface area contributed by atoms with Crippen molar-refractivity contribution in [3.63, 3.8) is 0 Å². The number of hydrogen-bond acceptors (Lipinski definition) is 5. The van der Waals surface area contributed by atoms with E-state index in [1.807, 2.05) is 72.0 Å². The van der Waals surface area contributed by atoms with E-state index in [1.54, 1.807) is 0 Å². The Morgan fingerprint density at radius 2 is 0.947 bits per heavy atom. The van der Waals surface area contributed by atoms with Gasteiger partial charge in [0.2, 0.25) is 0 Å². The van der Waals surface area contributed by atoms with Crippen LogP contribution < -0.4 is 0 Å². The topological polar surface area (TPSA) is 56.7 Å². The molecule has 0 saturated heterocycles. The van der Waals surface area contributed by atoms with Crippen molar-refractivity contribution in [2.75, 3.05) is 0 Å². The van der Waals surface area contributed by atoms with Gasteiger partial charge in [0.25, 0.3) is 0 Å². The minimum atomic E-state index is 0.648. The zero-order chi connectivity index (χ0) is 37.5. The summed E-state index contributed by atoms with van der Waals surface area (Å²) in [4.78, 5) is 14.9. The van der Waals surface area contributed by atoms with E-state index >= 15 is 0 Å². The molecule has 0 aliphatic rings. The third kappa shape index (κ3) is 4.98. The Hall–Kier alpha value is -7.41. The standard InChI is InChI=1S/C51H30N4OS/c1-3-14-31(15-4-1)49-52-50(32-16-5-2-6-17-32)54-51(53-49)33-28-29-36-38-21-11-22-39(48(38)57-45(36)30-33)37-20-12-26-43-46(37)47-42(25-13-27-44(47)56-43)55-40-23-9-7-18-34(40)35-19-8-10-24-41(35)55/h1-30H. The fourth-order valence-electron chi connectivity index (χ4n) is 8.53. The highest BCUT2D eigenvalue weighted by molar-refractivity contribution is 7.26. The Morgan fingerprint density at radius 3 is 1.63 bits per heavy atom. The first kappa shape index (κ1) is 31.9. The van der Waals surface area contributed by atoms with Crippen LogP contribution in [0.3, 0.4) is 0 Å². The summed E-state index contributed by atoms with van der Waals surface area (Å²) in [5.41, 5.74) is 10.4. The van der Waals surface area contributed by atoms with Crippen LogP contribution in [0.25, 0.3) is 115 Å². The number of rotatable bonds is 5. The zero-order valence-corrected chi connectivity index (χ0v) is 31.2. The third-order valence-corrected chi connectivity index (χ3v) is 12.3. The van der Waals surface area contributed by atoms with Gasteiger partial charge in [-0.3, -0.25) is 0 Å². The van der Waals surface area contributed by atoms with Crippen molar-refractivity contribution < 1.29 is 4.42 Å². The first-order valence-electron chi connectivity index (χ1n) is 19.0. The monoisotopic (exact) mass is 746 g/mol. The van der Waals surface area contributed by atoms with Crippen LogP contribution in [0.15, 0.2) is 186 Å². The molecule has 0 spiro atoms. The van der Waals surface area contributed by atoms with Crippen LogP contribution in [0.1, 0.15) is 0 Å². The van der Waals surface area contributed by atoms with Gasteiger partial charge in [0.15, 0.2) is 17.5 Å². The maximum Gasteiger partial charge on any atom is 0.164 e. The van der Waals surface area contributed by atoms with E-state index < -0.39 is 0 Å². The highest BCUT2D eigenvalue weighted by Gasteiger charge is 2.22. The lowest BCUT2D eigenvalue weighted by Gasteiger charge is -2.11. The fourth-order valence-corrected chi connectivity index (χ4v) is 9.80. The van der Waals surface area contributed by atoms with Gasteiger partial charge in [-0.15, -0.1) is 11.3 Å². The molecule has 0 N–H and O–H groups in total. The number of thiophene rings is 1. The normalized spacial score (nSPS) is 11.9. The van der Waals surface area contributed by atoms with Crippen molar-refractivity contribution in [3.05, 3.63) is 182 Å². The lowest BCUT2D eigenvalue weighted by Crippen LogP contribution is -1.99. The van der Waals surface area contributed by atoms with Crippen molar-refractivity contribution in [1.29, 1.82) is 0 Å². The zero-order valence-electron chi connectivity index (χ0n) is 30.4. The number of aromatic nitrogens is 4. The maximum atomic E-state index is 6.67. The predicted octanol–water partition coefficient (Wildman–Crippen LogP) is 13.9. The van der Waals surface area contributed by atoms with E-state index in [1.165, 1.54) is 47.5 Å². The molecule has 0 aliphatic heterocycles. The number of furan rings is 1. The molecule has 4 aromatic heterocycles. The molecule has 0 bridgehead atoms.